The largest absolute Gasteiger partial charge is 0.325 e. The number of anilines is 1. The topological polar surface area (TPSA) is 57.8 Å². The van der Waals surface area contributed by atoms with E-state index in [0.717, 1.165) is 33.1 Å². The van der Waals surface area contributed by atoms with Crippen molar-refractivity contribution in [3.05, 3.63) is 40.7 Å². The van der Waals surface area contributed by atoms with Crippen molar-refractivity contribution in [2.24, 2.45) is 0 Å². The minimum absolute atomic E-state index is 0.00685. The molecule has 2 rings (SSSR count). The first kappa shape index (κ1) is 14.7. The summed E-state index contributed by atoms with van der Waals surface area (Å²) in [6, 6.07) is 5.99. The van der Waals surface area contributed by atoms with Crippen molar-refractivity contribution < 1.29 is 4.79 Å². The van der Waals surface area contributed by atoms with Gasteiger partial charge in [0.15, 0.2) is 0 Å². The van der Waals surface area contributed by atoms with Crippen LogP contribution in [0.15, 0.2) is 23.1 Å². The van der Waals surface area contributed by atoms with Gasteiger partial charge in [0.1, 0.15) is 0 Å². The van der Waals surface area contributed by atoms with E-state index in [0.29, 0.717) is 5.75 Å². The zero-order chi connectivity index (χ0) is 14.7. The molecular formula is C15H19N3OS. The number of aromatic nitrogens is 2. The number of rotatable bonds is 4. The van der Waals surface area contributed by atoms with E-state index < -0.39 is 0 Å². The molecule has 0 radical (unpaired) electrons. The van der Waals surface area contributed by atoms with Gasteiger partial charge < -0.3 is 5.32 Å². The molecule has 0 bridgehead atoms. The molecule has 0 spiro atoms. The summed E-state index contributed by atoms with van der Waals surface area (Å²) in [6.07, 6.45) is 0. The normalized spacial score (nSPS) is 10.6. The second-order valence-electron chi connectivity index (χ2n) is 4.87. The molecule has 2 N–H and O–H groups in total. The van der Waals surface area contributed by atoms with E-state index >= 15 is 0 Å². The Balaban J connectivity index is 2.00. The summed E-state index contributed by atoms with van der Waals surface area (Å²) >= 11 is 1.51. The first-order valence-corrected chi connectivity index (χ1v) is 7.48. The summed E-state index contributed by atoms with van der Waals surface area (Å²) < 4.78 is 0. The van der Waals surface area contributed by atoms with Gasteiger partial charge in [0.25, 0.3) is 0 Å². The Labute approximate surface area is 123 Å². The second kappa shape index (κ2) is 6.13. The molecule has 0 aliphatic rings. The summed E-state index contributed by atoms with van der Waals surface area (Å²) in [6.45, 7) is 7.90. The van der Waals surface area contributed by atoms with E-state index in [1.807, 2.05) is 45.9 Å². The van der Waals surface area contributed by atoms with Crippen LogP contribution in [0.25, 0.3) is 0 Å². The second-order valence-corrected chi connectivity index (χ2v) is 5.85. The maximum Gasteiger partial charge on any atom is 0.234 e. The molecule has 0 atom stereocenters. The summed E-state index contributed by atoms with van der Waals surface area (Å²) in [7, 11) is 0. The molecule has 0 aliphatic carbocycles. The van der Waals surface area contributed by atoms with Gasteiger partial charge in [0.05, 0.1) is 16.3 Å². The third-order valence-corrected chi connectivity index (χ3v) is 4.45. The number of nitrogens with zero attached hydrogens (tertiary/aromatic N) is 1. The number of H-pyrrole nitrogens is 1. The van der Waals surface area contributed by atoms with Crippen LogP contribution in [0.4, 0.5) is 5.69 Å². The van der Waals surface area contributed by atoms with Crippen molar-refractivity contribution >= 4 is 23.4 Å². The summed E-state index contributed by atoms with van der Waals surface area (Å²) in [5, 5.41) is 10.0. The van der Waals surface area contributed by atoms with Crippen molar-refractivity contribution in [1.29, 1.82) is 0 Å². The van der Waals surface area contributed by atoms with Crippen LogP contribution in [0.5, 0.6) is 0 Å². The summed E-state index contributed by atoms with van der Waals surface area (Å²) in [5.41, 5.74) is 5.02. The number of aryl methyl sites for hydroxylation is 4. The highest BCUT2D eigenvalue weighted by molar-refractivity contribution is 8.00. The molecular weight excluding hydrogens is 270 g/mol. The van der Waals surface area contributed by atoms with Gasteiger partial charge in [-0.15, -0.1) is 11.8 Å². The minimum Gasteiger partial charge on any atom is -0.325 e. The number of hydrogen-bond donors (Lipinski definition) is 2. The van der Waals surface area contributed by atoms with Crippen molar-refractivity contribution in [2.75, 3.05) is 11.1 Å². The molecule has 1 amide bonds. The van der Waals surface area contributed by atoms with E-state index in [1.54, 1.807) is 0 Å². The first-order chi connectivity index (χ1) is 9.49. The number of carbonyl (C=O) groups excluding carboxylic acids is 1. The van der Waals surface area contributed by atoms with Gasteiger partial charge in [-0.2, -0.15) is 5.10 Å². The van der Waals surface area contributed by atoms with E-state index in [1.165, 1.54) is 11.8 Å². The third kappa shape index (κ3) is 3.22. The van der Waals surface area contributed by atoms with Crippen LogP contribution in [0.3, 0.4) is 0 Å². The van der Waals surface area contributed by atoms with Gasteiger partial charge in [0.2, 0.25) is 5.91 Å². The summed E-state index contributed by atoms with van der Waals surface area (Å²) in [4.78, 5) is 13.1. The monoisotopic (exact) mass is 289 g/mol. The van der Waals surface area contributed by atoms with Gasteiger partial charge in [-0.25, -0.2) is 0 Å². The van der Waals surface area contributed by atoms with E-state index in [9.17, 15) is 4.79 Å². The lowest BCUT2D eigenvalue weighted by Gasteiger charge is -2.11. The maximum atomic E-state index is 12.1. The molecule has 0 saturated heterocycles. The molecule has 1 heterocycles. The van der Waals surface area contributed by atoms with E-state index in [-0.39, 0.29) is 5.91 Å². The number of nitrogens with one attached hydrogen (secondary N) is 2. The van der Waals surface area contributed by atoms with Crippen LogP contribution in [0, 0.1) is 27.7 Å². The fraction of sp³-hybridized carbons (Fsp3) is 0.333. The molecule has 1 aromatic heterocycles. The Morgan fingerprint density at radius 3 is 2.45 bits per heavy atom. The number of carbonyl (C=O) groups is 1. The molecule has 0 saturated carbocycles. The fourth-order valence-corrected chi connectivity index (χ4v) is 2.94. The smallest absolute Gasteiger partial charge is 0.234 e. The number of thioether (sulfide) groups is 1. The number of para-hydroxylation sites is 1. The van der Waals surface area contributed by atoms with Crippen LogP contribution in [-0.2, 0) is 4.79 Å². The SMILES string of the molecule is Cc1cccc(C)c1NC(=O)CSc1c(C)n[nH]c1C. The molecule has 4 nitrogen and oxygen atoms in total. The molecule has 20 heavy (non-hydrogen) atoms. The van der Waals surface area contributed by atoms with E-state index in [2.05, 4.69) is 15.5 Å². The lowest BCUT2D eigenvalue weighted by Crippen LogP contribution is -2.15. The average molecular weight is 289 g/mol. The average Bonchev–Trinajstić information content (AvgIpc) is 2.71. The standard InChI is InChI=1S/C15H19N3OS/c1-9-6-5-7-10(2)14(9)16-13(19)8-20-15-11(3)17-18-12(15)4/h5-7H,8H2,1-4H3,(H,16,19)(H,17,18). The van der Waals surface area contributed by atoms with E-state index in [4.69, 9.17) is 0 Å². The molecule has 0 fully saturated rings. The predicted octanol–water partition coefficient (Wildman–Crippen LogP) is 3.37. The van der Waals surface area contributed by atoms with Crippen molar-refractivity contribution in [1.82, 2.24) is 10.2 Å². The highest BCUT2D eigenvalue weighted by Gasteiger charge is 2.11. The van der Waals surface area contributed by atoms with Crippen LogP contribution in [0.2, 0.25) is 0 Å². The number of aromatic amines is 1. The van der Waals surface area contributed by atoms with Crippen molar-refractivity contribution in [3.8, 4) is 0 Å². The van der Waals surface area contributed by atoms with Gasteiger partial charge in [-0.05, 0) is 38.8 Å². The Morgan fingerprint density at radius 2 is 1.90 bits per heavy atom. The predicted molar refractivity (Wildman–Crippen MR) is 83.3 cm³/mol. The number of hydrogen-bond acceptors (Lipinski definition) is 3. The molecule has 2 aromatic rings. The van der Waals surface area contributed by atoms with Crippen LogP contribution >= 0.6 is 11.8 Å². The zero-order valence-corrected chi connectivity index (χ0v) is 13.0. The molecule has 1 aromatic carbocycles. The van der Waals surface area contributed by atoms with Crippen LogP contribution in [-0.4, -0.2) is 21.9 Å². The summed E-state index contributed by atoms with van der Waals surface area (Å²) in [5.74, 6) is 0.391. The van der Waals surface area contributed by atoms with Gasteiger partial charge in [-0.3, -0.25) is 9.89 Å². The van der Waals surface area contributed by atoms with Crippen molar-refractivity contribution in [2.45, 2.75) is 32.6 Å². The molecule has 0 aliphatic heterocycles. The minimum atomic E-state index is 0.00685. The molecule has 106 valence electrons. The maximum absolute atomic E-state index is 12.1. The molecule has 0 unspecified atom stereocenters. The lowest BCUT2D eigenvalue weighted by atomic mass is 10.1. The highest BCUT2D eigenvalue weighted by atomic mass is 32.2. The van der Waals surface area contributed by atoms with Gasteiger partial charge >= 0.3 is 0 Å². The zero-order valence-electron chi connectivity index (χ0n) is 12.2. The number of benzene rings is 1. The Bertz CT molecular complexity index is 594. The highest BCUT2D eigenvalue weighted by Crippen LogP contribution is 2.25. The molecule has 5 heteroatoms. The van der Waals surface area contributed by atoms with Crippen LogP contribution < -0.4 is 5.32 Å². The third-order valence-electron chi connectivity index (χ3n) is 3.15. The van der Waals surface area contributed by atoms with Crippen molar-refractivity contribution in [3.63, 3.8) is 0 Å². The van der Waals surface area contributed by atoms with Gasteiger partial charge in [0, 0.05) is 11.4 Å². The lowest BCUT2D eigenvalue weighted by molar-refractivity contribution is -0.113. The number of amides is 1. The Hall–Kier alpha value is -1.75. The Kier molecular flexibility index (Phi) is 4.49. The fourth-order valence-electron chi connectivity index (χ4n) is 2.08. The van der Waals surface area contributed by atoms with Crippen LogP contribution in [0.1, 0.15) is 22.5 Å². The first-order valence-electron chi connectivity index (χ1n) is 6.49. The Morgan fingerprint density at radius 1 is 1.25 bits per heavy atom. The van der Waals surface area contributed by atoms with Gasteiger partial charge in [-0.1, -0.05) is 18.2 Å². The quantitative estimate of drug-likeness (QED) is 0.848.